The first-order valence-corrected chi connectivity index (χ1v) is 10.4. The van der Waals surface area contributed by atoms with Crippen molar-refractivity contribution in [1.82, 2.24) is 19.6 Å². The van der Waals surface area contributed by atoms with Gasteiger partial charge in [0.1, 0.15) is 0 Å². The second-order valence-corrected chi connectivity index (χ2v) is 8.93. The van der Waals surface area contributed by atoms with Crippen LogP contribution in [0, 0.1) is 5.41 Å². The van der Waals surface area contributed by atoms with Gasteiger partial charge in [0.25, 0.3) is 0 Å². The minimum atomic E-state index is -4.44. The van der Waals surface area contributed by atoms with Crippen LogP contribution in [0.25, 0.3) is 0 Å². The summed E-state index contributed by atoms with van der Waals surface area (Å²) in [7, 11) is 0. The number of halogens is 4. The largest absolute Gasteiger partial charge is 0.416 e. The Kier molecular flexibility index (Phi) is 5.59. The lowest BCUT2D eigenvalue weighted by molar-refractivity contribution is -0.137. The average molecular weight is 455 g/mol. The third kappa shape index (κ3) is 4.62. The Balaban J connectivity index is 1.40. The number of benzene rings is 1. The monoisotopic (exact) mass is 454 g/mol. The lowest BCUT2D eigenvalue weighted by Gasteiger charge is -2.25. The highest BCUT2D eigenvalue weighted by atomic mass is 35.5. The Morgan fingerprint density at radius 3 is 2.58 bits per heavy atom. The van der Waals surface area contributed by atoms with Gasteiger partial charge in [-0.25, -0.2) is 4.79 Å². The van der Waals surface area contributed by atoms with Crippen LogP contribution in [0.4, 0.5) is 18.0 Å². The molecule has 0 saturated carbocycles. The van der Waals surface area contributed by atoms with Crippen molar-refractivity contribution in [3.8, 4) is 0 Å². The van der Waals surface area contributed by atoms with E-state index >= 15 is 0 Å². The van der Waals surface area contributed by atoms with Crippen LogP contribution in [0.5, 0.6) is 0 Å². The van der Waals surface area contributed by atoms with Crippen molar-refractivity contribution in [3.05, 3.63) is 52.3 Å². The van der Waals surface area contributed by atoms with Gasteiger partial charge in [-0.1, -0.05) is 11.6 Å². The van der Waals surface area contributed by atoms with Crippen molar-refractivity contribution in [2.75, 3.05) is 26.2 Å². The molecule has 1 aromatic heterocycles. The maximum atomic E-state index is 13.1. The molecule has 31 heavy (non-hydrogen) atoms. The molecule has 166 valence electrons. The summed E-state index contributed by atoms with van der Waals surface area (Å²) in [6.07, 6.45) is 0.0607. The van der Waals surface area contributed by atoms with E-state index in [0.29, 0.717) is 37.3 Å². The summed E-state index contributed by atoms with van der Waals surface area (Å²) in [6.45, 7) is 4.37. The number of hydrogen-bond acceptors (Lipinski definition) is 4. The van der Waals surface area contributed by atoms with Crippen LogP contribution < -0.4 is 0 Å². The van der Waals surface area contributed by atoms with Gasteiger partial charge < -0.3 is 4.90 Å². The number of ketones is 1. The Bertz CT molecular complexity index is 1020. The smallest absolute Gasteiger partial charge is 0.322 e. The molecule has 2 fully saturated rings. The lowest BCUT2D eigenvalue weighted by atomic mass is 9.86. The predicted molar refractivity (Wildman–Crippen MR) is 108 cm³/mol. The second-order valence-electron chi connectivity index (χ2n) is 8.49. The van der Waals surface area contributed by atoms with Crippen LogP contribution in [-0.2, 0) is 12.7 Å². The van der Waals surface area contributed by atoms with Gasteiger partial charge in [-0.3, -0.25) is 9.69 Å². The molecule has 3 heterocycles. The molecule has 0 N–H and O–H groups in total. The van der Waals surface area contributed by atoms with E-state index in [-0.39, 0.29) is 22.3 Å². The van der Waals surface area contributed by atoms with Crippen molar-refractivity contribution < 1.29 is 22.8 Å². The first-order valence-electron chi connectivity index (χ1n) is 9.99. The van der Waals surface area contributed by atoms with Crippen LogP contribution in [-0.4, -0.2) is 57.6 Å². The van der Waals surface area contributed by atoms with Gasteiger partial charge in [0.15, 0.2) is 5.78 Å². The van der Waals surface area contributed by atoms with E-state index in [0.717, 1.165) is 31.5 Å². The summed E-state index contributed by atoms with van der Waals surface area (Å²) in [4.78, 5) is 28.0. The van der Waals surface area contributed by atoms with Crippen molar-refractivity contribution in [2.24, 2.45) is 5.41 Å². The van der Waals surface area contributed by atoms with E-state index < -0.39 is 11.7 Å². The van der Waals surface area contributed by atoms with Crippen LogP contribution in [0.15, 0.2) is 30.6 Å². The van der Waals surface area contributed by atoms with Crippen LogP contribution in [0.2, 0.25) is 5.02 Å². The zero-order chi connectivity index (χ0) is 22.4. The van der Waals surface area contributed by atoms with Gasteiger partial charge in [-0.2, -0.15) is 23.0 Å². The normalized spacial score (nSPS) is 21.9. The van der Waals surface area contributed by atoms with Gasteiger partial charge in [0, 0.05) is 42.8 Å². The number of amides is 1. The molecule has 1 atom stereocenters. The number of likely N-dealkylation sites (tertiary alicyclic amines) is 2. The van der Waals surface area contributed by atoms with Crippen LogP contribution >= 0.6 is 11.6 Å². The van der Waals surface area contributed by atoms with Crippen molar-refractivity contribution in [3.63, 3.8) is 0 Å². The maximum Gasteiger partial charge on any atom is 0.416 e. The van der Waals surface area contributed by atoms with Gasteiger partial charge in [-0.05, 0) is 50.1 Å². The van der Waals surface area contributed by atoms with E-state index in [4.69, 9.17) is 11.6 Å². The molecule has 10 heteroatoms. The van der Waals surface area contributed by atoms with Crippen LogP contribution in [0.1, 0.15) is 41.3 Å². The van der Waals surface area contributed by atoms with Crippen LogP contribution in [0.3, 0.4) is 0 Å². The molecule has 2 saturated heterocycles. The quantitative estimate of drug-likeness (QED) is 0.648. The zero-order valence-corrected chi connectivity index (χ0v) is 17.7. The molecule has 1 aromatic carbocycles. The summed E-state index contributed by atoms with van der Waals surface area (Å²) < 4.78 is 40.4. The minimum Gasteiger partial charge on any atom is -0.322 e. The van der Waals surface area contributed by atoms with Crippen molar-refractivity contribution >= 4 is 23.4 Å². The molecule has 2 aliphatic rings. The first kappa shape index (κ1) is 21.8. The minimum absolute atomic E-state index is 0.0699. The fourth-order valence-corrected chi connectivity index (χ4v) is 4.77. The van der Waals surface area contributed by atoms with Gasteiger partial charge in [0.05, 0.1) is 17.3 Å². The summed E-state index contributed by atoms with van der Waals surface area (Å²) in [6, 6.07) is 3.37. The fraction of sp³-hybridized carbons (Fsp3) is 0.476. The van der Waals surface area contributed by atoms with Crippen molar-refractivity contribution in [1.29, 1.82) is 0 Å². The first-order chi connectivity index (χ1) is 14.5. The Hall–Kier alpha value is -2.39. The van der Waals surface area contributed by atoms with E-state index in [1.165, 1.54) is 24.0 Å². The number of Topliss-reactive ketones (excluding diaryl/α,β-unsaturated/α-hetero) is 1. The molecular weight excluding hydrogens is 433 g/mol. The fourth-order valence-electron chi connectivity index (χ4n) is 4.51. The third-order valence-corrected chi connectivity index (χ3v) is 6.32. The second kappa shape index (κ2) is 7.94. The molecule has 0 bridgehead atoms. The van der Waals surface area contributed by atoms with Gasteiger partial charge in [-0.15, -0.1) is 0 Å². The Morgan fingerprint density at radius 1 is 1.16 bits per heavy atom. The number of alkyl halides is 3. The molecule has 2 aromatic rings. The molecule has 1 spiro atoms. The number of hydrogen-bond donors (Lipinski definition) is 0. The molecule has 4 rings (SSSR count). The molecule has 0 unspecified atom stereocenters. The molecule has 0 radical (unpaired) electrons. The number of carbonyl (C=O) groups excluding carboxylic acids is 2. The van der Waals surface area contributed by atoms with E-state index in [1.54, 1.807) is 11.0 Å². The zero-order valence-electron chi connectivity index (χ0n) is 17.0. The summed E-state index contributed by atoms with van der Waals surface area (Å²) in [5.41, 5.74) is 0.0772. The van der Waals surface area contributed by atoms with Gasteiger partial charge >= 0.3 is 12.2 Å². The summed E-state index contributed by atoms with van der Waals surface area (Å²) in [5, 5.41) is 4.06. The number of carbonyl (C=O) groups is 2. The Labute approximate surface area is 182 Å². The molecule has 1 amide bonds. The van der Waals surface area contributed by atoms with E-state index in [2.05, 4.69) is 10.00 Å². The summed E-state index contributed by atoms with van der Waals surface area (Å²) in [5.74, 6) is -0.155. The molecular formula is C21H22ClF3N4O2. The highest BCUT2D eigenvalue weighted by Crippen LogP contribution is 2.40. The van der Waals surface area contributed by atoms with Gasteiger partial charge in [0.2, 0.25) is 0 Å². The highest BCUT2D eigenvalue weighted by Gasteiger charge is 2.45. The number of aromatic nitrogens is 2. The van der Waals surface area contributed by atoms with E-state index in [9.17, 15) is 22.8 Å². The highest BCUT2D eigenvalue weighted by molar-refractivity contribution is 6.30. The average Bonchev–Trinajstić information content (AvgIpc) is 3.41. The number of rotatable bonds is 3. The molecule has 2 aliphatic heterocycles. The van der Waals surface area contributed by atoms with E-state index in [1.807, 2.05) is 0 Å². The molecule has 0 aliphatic carbocycles. The predicted octanol–water partition coefficient (Wildman–Crippen LogP) is 4.32. The lowest BCUT2D eigenvalue weighted by Crippen LogP contribution is -2.36. The van der Waals surface area contributed by atoms with Crippen molar-refractivity contribution in [2.45, 2.75) is 32.5 Å². The Morgan fingerprint density at radius 2 is 1.90 bits per heavy atom. The standard InChI is InChI=1S/C21H22ClF3N4O2/c1-14(30)16-9-26-29(11-16)19(31)28-5-3-20(13-28)2-4-27(12-20)10-15-6-17(21(23,24)25)8-18(22)7-15/h6-9,11H,2-5,10,12-13H2,1H3/t20-/m1/s1. The molecule has 6 nitrogen and oxygen atoms in total. The third-order valence-electron chi connectivity index (χ3n) is 6.10. The topological polar surface area (TPSA) is 58.4 Å². The summed E-state index contributed by atoms with van der Waals surface area (Å²) >= 11 is 5.90. The maximum absolute atomic E-state index is 13.1. The number of nitrogens with zero attached hydrogens (tertiary/aromatic N) is 4. The SMILES string of the molecule is CC(=O)c1cnn(C(=O)N2CC[C@@]3(CCN(Cc4cc(Cl)cc(C(F)(F)F)c4)C3)C2)c1.